The highest BCUT2D eigenvalue weighted by Crippen LogP contribution is 2.38. The van der Waals surface area contributed by atoms with Crippen LogP contribution in [-0.4, -0.2) is 43.9 Å². The van der Waals surface area contributed by atoms with Gasteiger partial charge in [0, 0.05) is 23.8 Å². The van der Waals surface area contributed by atoms with E-state index in [4.69, 9.17) is 4.74 Å². The van der Waals surface area contributed by atoms with Crippen molar-refractivity contribution in [2.45, 2.75) is 65.8 Å². The van der Waals surface area contributed by atoms with Gasteiger partial charge in [-0.15, -0.1) is 0 Å². The topological polar surface area (TPSA) is 118 Å². The van der Waals surface area contributed by atoms with Crippen LogP contribution >= 0.6 is 0 Å². The number of nitrogens with zero attached hydrogens (tertiary/aromatic N) is 5. The second-order valence-electron chi connectivity index (χ2n) is 11.7. The lowest BCUT2D eigenvalue weighted by Crippen LogP contribution is -2.39. The second kappa shape index (κ2) is 14.2. The summed E-state index contributed by atoms with van der Waals surface area (Å²) in [6.07, 6.45) is 6.44. The molecule has 0 unspecified atom stereocenters. The summed E-state index contributed by atoms with van der Waals surface area (Å²) in [5.74, 6) is 1.02. The van der Waals surface area contributed by atoms with Gasteiger partial charge in [0.2, 0.25) is 0 Å². The summed E-state index contributed by atoms with van der Waals surface area (Å²) in [5.41, 5.74) is 5.35. The fourth-order valence-electron chi connectivity index (χ4n) is 5.33. The number of anilines is 2. The number of H-pyrrole nitrogens is 1. The molecule has 0 saturated carbocycles. The van der Waals surface area contributed by atoms with E-state index in [9.17, 15) is 9.59 Å². The molecule has 0 spiro atoms. The summed E-state index contributed by atoms with van der Waals surface area (Å²) < 4.78 is 7.76. The average Bonchev–Trinajstić information content (AvgIpc) is 3.55. The summed E-state index contributed by atoms with van der Waals surface area (Å²) in [5, 5.41) is 8.13. The predicted molar refractivity (Wildman–Crippen MR) is 179 cm³/mol. The number of ether oxygens (including phenoxy) is 1. The third kappa shape index (κ3) is 7.39. The van der Waals surface area contributed by atoms with Crippen molar-refractivity contribution in [1.82, 2.24) is 24.7 Å². The number of rotatable bonds is 12. The molecule has 5 aromatic rings. The number of amides is 2. The maximum atomic E-state index is 14.1. The summed E-state index contributed by atoms with van der Waals surface area (Å²) >= 11 is 0. The number of unbranched alkanes of at least 4 members (excludes halogenated alkanes) is 1. The summed E-state index contributed by atoms with van der Waals surface area (Å²) in [6.45, 7) is 12.0. The SMILES string of the molecule is CCCCN(C(=O)Nc1c(C(C)C)cc(-c2cccc(OCCn3cncn3)c2)cc1C(C)C)c1cc2cccnc2[nH]c1=O. The Labute approximate surface area is 263 Å². The minimum Gasteiger partial charge on any atom is -0.492 e. The van der Waals surface area contributed by atoms with E-state index >= 15 is 0 Å². The number of urea groups is 1. The third-order valence-corrected chi connectivity index (χ3v) is 7.77. The fraction of sp³-hybridized carbons (Fsp3) is 0.343. The normalized spacial score (nSPS) is 11.4. The van der Waals surface area contributed by atoms with Crippen molar-refractivity contribution in [3.63, 3.8) is 0 Å². The highest BCUT2D eigenvalue weighted by molar-refractivity contribution is 6.03. The molecule has 2 amide bonds. The lowest BCUT2D eigenvalue weighted by molar-refractivity contribution is 0.256. The lowest BCUT2D eigenvalue weighted by Gasteiger charge is -2.27. The molecular formula is C35H41N7O3. The van der Waals surface area contributed by atoms with E-state index in [1.807, 2.05) is 30.3 Å². The molecule has 0 aliphatic carbocycles. The van der Waals surface area contributed by atoms with Gasteiger partial charge in [0.1, 0.15) is 36.3 Å². The zero-order valence-electron chi connectivity index (χ0n) is 26.6. The molecule has 0 aliphatic rings. The number of carbonyl (C=O) groups is 1. The van der Waals surface area contributed by atoms with Gasteiger partial charge in [0.25, 0.3) is 5.56 Å². The van der Waals surface area contributed by atoms with Crippen molar-refractivity contribution < 1.29 is 9.53 Å². The van der Waals surface area contributed by atoms with Crippen LogP contribution in [0.5, 0.6) is 5.75 Å². The van der Waals surface area contributed by atoms with E-state index < -0.39 is 0 Å². The minimum atomic E-state index is -0.348. The average molecular weight is 608 g/mol. The van der Waals surface area contributed by atoms with E-state index in [0.29, 0.717) is 31.0 Å². The molecule has 3 aromatic heterocycles. The van der Waals surface area contributed by atoms with Crippen molar-refractivity contribution >= 4 is 28.4 Å². The Morgan fingerprint density at radius 1 is 1.02 bits per heavy atom. The largest absolute Gasteiger partial charge is 0.492 e. The zero-order chi connectivity index (χ0) is 31.9. The quantitative estimate of drug-likeness (QED) is 0.153. The van der Waals surface area contributed by atoms with Gasteiger partial charge in [0.15, 0.2) is 0 Å². The van der Waals surface area contributed by atoms with E-state index in [-0.39, 0.29) is 23.4 Å². The standard InChI is InChI=1S/C35H41N7O3/c1-6-7-14-42(31-20-26-11-9-13-37-33(26)40-34(31)43)35(44)39-32-29(23(2)3)18-27(19-30(32)24(4)5)25-10-8-12-28(17-25)45-16-15-41-22-36-21-38-41/h8-13,17-24H,6-7,14-16H2,1-5H3,(H,39,44)(H,37,40,43). The van der Waals surface area contributed by atoms with E-state index in [1.165, 1.54) is 6.33 Å². The summed E-state index contributed by atoms with van der Waals surface area (Å²) in [6, 6.07) is 17.4. The van der Waals surface area contributed by atoms with Crippen LogP contribution in [0.1, 0.15) is 70.4 Å². The van der Waals surface area contributed by atoms with Crippen molar-refractivity contribution in [2.75, 3.05) is 23.4 Å². The Balaban J connectivity index is 1.47. The number of aromatic nitrogens is 5. The Kier molecular flexibility index (Phi) is 9.92. The fourth-order valence-corrected chi connectivity index (χ4v) is 5.33. The van der Waals surface area contributed by atoms with Gasteiger partial charge in [-0.1, -0.05) is 53.2 Å². The van der Waals surface area contributed by atoms with Crippen LogP contribution in [0.3, 0.4) is 0 Å². The molecule has 2 N–H and O–H groups in total. The van der Waals surface area contributed by atoms with Crippen LogP contribution in [0.15, 0.2) is 78.2 Å². The smallest absolute Gasteiger partial charge is 0.326 e. The first-order valence-corrected chi connectivity index (χ1v) is 15.5. The molecular weight excluding hydrogens is 566 g/mol. The Bertz CT molecular complexity index is 1780. The monoisotopic (exact) mass is 607 g/mol. The Morgan fingerprint density at radius 3 is 2.49 bits per heavy atom. The molecule has 10 heteroatoms. The molecule has 0 bridgehead atoms. The van der Waals surface area contributed by atoms with Crippen LogP contribution in [0.2, 0.25) is 0 Å². The minimum absolute atomic E-state index is 0.124. The van der Waals surface area contributed by atoms with Crippen molar-refractivity contribution in [3.05, 3.63) is 94.9 Å². The van der Waals surface area contributed by atoms with E-state index in [2.05, 4.69) is 78.2 Å². The van der Waals surface area contributed by atoms with E-state index in [0.717, 1.165) is 51.9 Å². The molecule has 10 nitrogen and oxygen atoms in total. The number of pyridine rings is 2. The van der Waals surface area contributed by atoms with Gasteiger partial charge in [-0.3, -0.25) is 9.69 Å². The van der Waals surface area contributed by atoms with Crippen molar-refractivity contribution in [3.8, 4) is 16.9 Å². The van der Waals surface area contributed by atoms with Gasteiger partial charge < -0.3 is 15.0 Å². The number of fused-ring (bicyclic) bond motifs is 1. The van der Waals surface area contributed by atoms with Crippen LogP contribution in [0.25, 0.3) is 22.2 Å². The van der Waals surface area contributed by atoms with Gasteiger partial charge in [-0.25, -0.2) is 19.4 Å². The molecule has 234 valence electrons. The molecule has 3 heterocycles. The first-order chi connectivity index (χ1) is 21.7. The first-order valence-electron chi connectivity index (χ1n) is 15.5. The number of hydrogen-bond donors (Lipinski definition) is 2. The summed E-state index contributed by atoms with van der Waals surface area (Å²) in [4.78, 5) is 39.8. The molecule has 45 heavy (non-hydrogen) atoms. The number of hydrogen-bond acceptors (Lipinski definition) is 6. The number of carbonyl (C=O) groups excluding carboxylic acids is 1. The number of benzene rings is 2. The number of nitrogens with one attached hydrogen (secondary N) is 2. The van der Waals surface area contributed by atoms with Crippen LogP contribution < -0.4 is 20.5 Å². The molecule has 0 atom stereocenters. The molecule has 5 rings (SSSR count). The molecule has 0 fully saturated rings. The predicted octanol–water partition coefficient (Wildman–Crippen LogP) is 7.35. The van der Waals surface area contributed by atoms with Crippen LogP contribution in [0, 0.1) is 0 Å². The molecule has 2 aromatic carbocycles. The van der Waals surface area contributed by atoms with Crippen molar-refractivity contribution in [1.29, 1.82) is 0 Å². The number of aromatic amines is 1. The van der Waals surface area contributed by atoms with Crippen LogP contribution in [0.4, 0.5) is 16.2 Å². The molecule has 0 radical (unpaired) electrons. The maximum Gasteiger partial charge on any atom is 0.326 e. The summed E-state index contributed by atoms with van der Waals surface area (Å²) in [7, 11) is 0. The lowest BCUT2D eigenvalue weighted by atomic mass is 9.88. The van der Waals surface area contributed by atoms with Crippen molar-refractivity contribution in [2.24, 2.45) is 0 Å². The van der Waals surface area contributed by atoms with Gasteiger partial charge in [-0.2, -0.15) is 5.10 Å². The third-order valence-electron chi connectivity index (χ3n) is 7.77. The van der Waals surface area contributed by atoms with Gasteiger partial charge >= 0.3 is 6.03 Å². The zero-order valence-corrected chi connectivity index (χ0v) is 26.6. The first kappa shape index (κ1) is 31.4. The Hall–Kier alpha value is -4.99. The maximum absolute atomic E-state index is 14.1. The highest BCUT2D eigenvalue weighted by atomic mass is 16.5. The second-order valence-corrected chi connectivity index (χ2v) is 11.7. The highest BCUT2D eigenvalue weighted by Gasteiger charge is 2.24. The van der Waals surface area contributed by atoms with E-state index in [1.54, 1.807) is 28.2 Å². The van der Waals surface area contributed by atoms with Gasteiger partial charge in [-0.05, 0) is 83.0 Å². The van der Waals surface area contributed by atoms with Gasteiger partial charge in [0.05, 0.1) is 6.54 Å². The molecule has 0 saturated heterocycles. The Morgan fingerprint density at radius 2 is 1.80 bits per heavy atom. The molecule has 0 aliphatic heterocycles. The van der Waals surface area contributed by atoms with Crippen LogP contribution in [-0.2, 0) is 6.54 Å².